The Morgan fingerprint density at radius 1 is 1.20 bits per heavy atom. The number of halogens is 1. The molecule has 3 rings (SSSR count). The predicted octanol–water partition coefficient (Wildman–Crippen LogP) is 4.29. The van der Waals surface area contributed by atoms with Gasteiger partial charge >= 0.3 is 0 Å². The summed E-state index contributed by atoms with van der Waals surface area (Å²) in [6.45, 7) is 3.64. The Labute approximate surface area is 183 Å². The van der Waals surface area contributed by atoms with Gasteiger partial charge in [-0.05, 0) is 49.7 Å². The van der Waals surface area contributed by atoms with E-state index in [0.29, 0.717) is 33.0 Å². The Morgan fingerprint density at radius 2 is 2.00 bits per heavy atom. The Hall–Kier alpha value is -2.84. The molecule has 156 valence electrons. The summed E-state index contributed by atoms with van der Waals surface area (Å²) in [5.74, 6) is 1.25. The van der Waals surface area contributed by atoms with E-state index >= 15 is 0 Å². The number of rotatable bonds is 8. The van der Waals surface area contributed by atoms with Crippen LogP contribution in [0.1, 0.15) is 28.7 Å². The number of hydrogen-bond acceptors (Lipinski definition) is 6. The van der Waals surface area contributed by atoms with Crippen molar-refractivity contribution in [3.63, 3.8) is 0 Å². The number of ketones is 1. The van der Waals surface area contributed by atoms with Crippen LogP contribution in [0.2, 0.25) is 5.02 Å². The molecule has 0 saturated heterocycles. The molecule has 0 aliphatic rings. The average Bonchev–Trinajstić information content (AvgIpc) is 3.07. The van der Waals surface area contributed by atoms with E-state index in [4.69, 9.17) is 16.3 Å². The molecule has 0 atom stereocenters. The summed E-state index contributed by atoms with van der Waals surface area (Å²) in [6, 6.07) is 12.3. The SMILES string of the molecule is CC(=O)c1cccc(NC(=O)CSc2nnc(COc3ccc(Cl)c(C)c3)n2C)c1. The maximum absolute atomic E-state index is 12.2. The first kappa shape index (κ1) is 21.9. The van der Waals surface area contributed by atoms with Gasteiger partial charge in [-0.15, -0.1) is 10.2 Å². The maximum Gasteiger partial charge on any atom is 0.234 e. The summed E-state index contributed by atoms with van der Waals surface area (Å²) in [5, 5.41) is 12.3. The Morgan fingerprint density at radius 3 is 2.73 bits per heavy atom. The van der Waals surface area contributed by atoms with Crippen LogP contribution in [0.3, 0.4) is 0 Å². The molecule has 0 aliphatic heterocycles. The first-order valence-electron chi connectivity index (χ1n) is 9.14. The van der Waals surface area contributed by atoms with Crippen LogP contribution in [0, 0.1) is 6.92 Å². The summed E-state index contributed by atoms with van der Waals surface area (Å²) < 4.78 is 7.55. The van der Waals surface area contributed by atoms with Gasteiger partial charge in [0.25, 0.3) is 0 Å². The van der Waals surface area contributed by atoms with Gasteiger partial charge in [-0.1, -0.05) is 35.5 Å². The number of thioether (sulfide) groups is 1. The van der Waals surface area contributed by atoms with Crippen molar-refractivity contribution in [3.8, 4) is 5.75 Å². The van der Waals surface area contributed by atoms with Crippen molar-refractivity contribution < 1.29 is 14.3 Å². The van der Waals surface area contributed by atoms with Gasteiger partial charge in [0, 0.05) is 23.3 Å². The Balaban J connectivity index is 1.54. The van der Waals surface area contributed by atoms with Crippen LogP contribution in [0.15, 0.2) is 47.6 Å². The molecule has 0 aliphatic carbocycles. The summed E-state index contributed by atoms with van der Waals surface area (Å²) in [7, 11) is 1.82. The van der Waals surface area contributed by atoms with Gasteiger partial charge in [0.1, 0.15) is 12.4 Å². The number of benzene rings is 2. The first-order valence-corrected chi connectivity index (χ1v) is 10.5. The molecule has 0 saturated carbocycles. The van der Waals surface area contributed by atoms with Crippen molar-refractivity contribution >= 4 is 40.7 Å². The second kappa shape index (κ2) is 9.77. The molecule has 3 aromatic rings. The highest BCUT2D eigenvalue weighted by atomic mass is 35.5. The number of nitrogens with zero attached hydrogens (tertiary/aromatic N) is 3. The van der Waals surface area contributed by atoms with Crippen molar-refractivity contribution in [1.29, 1.82) is 0 Å². The largest absolute Gasteiger partial charge is 0.486 e. The third-order valence-corrected chi connectivity index (χ3v) is 5.75. The van der Waals surface area contributed by atoms with Crippen molar-refractivity contribution in [2.24, 2.45) is 7.05 Å². The fourth-order valence-electron chi connectivity index (χ4n) is 2.59. The van der Waals surface area contributed by atoms with Gasteiger partial charge in [0.05, 0.1) is 5.75 Å². The lowest BCUT2D eigenvalue weighted by Crippen LogP contribution is -2.15. The van der Waals surface area contributed by atoms with Crippen LogP contribution < -0.4 is 10.1 Å². The van der Waals surface area contributed by atoms with Crippen LogP contribution in [0.4, 0.5) is 5.69 Å². The Bertz CT molecular complexity index is 1080. The molecule has 1 N–H and O–H groups in total. The number of Topliss-reactive ketones (excluding diaryl/α,β-unsaturated/α-hetero) is 1. The van der Waals surface area contributed by atoms with Gasteiger partial charge in [-0.25, -0.2) is 0 Å². The molecule has 0 spiro atoms. The lowest BCUT2D eigenvalue weighted by molar-refractivity contribution is -0.113. The standard InChI is InChI=1S/C21H21ClN4O3S/c1-13-9-17(7-8-18(13)22)29-11-19-24-25-21(26(19)3)30-12-20(28)23-16-6-4-5-15(10-16)14(2)27/h4-10H,11-12H2,1-3H3,(H,23,28). The van der Waals surface area contributed by atoms with Crippen molar-refractivity contribution in [2.75, 3.05) is 11.1 Å². The highest BCUT2D eigenvalue weighted by Crippen LogP contribution is 2.22. The molecule has 2 aromatic carbocycles. The molecule has 0 unspecified atom stereocenters. The summed E-state index contributed by atoms with van der Waals surface area (Å²) in [4.78, 5) is 23.7. The number of ether oxygens (including phenoxy) is 1. The van der Waals surface area contributed by atoms with Crippen molar-refractivity contribution in [1.82, 2.24) is 14.8 Å². The fraction of sp³-hybridized carbons (Fsp3) is 0.238. The number of hydrogen-bond donors (Lipinski definition) is 1. The number of aromatic nitrogens is 3. The molecule has 1 heterocycles. The lowest BCUT2D eigenvalue weighted by Gasteiger charge is -2.08. The third-order valence-electron chi connectivity index (χ3n) is 4.31. The molecule has 0 fully saturated rings. The molecule has 1 aromatic heterocycles. The molecule has 7 nitrogen and oxygen atoms in total. The second-order valence-electron chi connectivity index (χ2n) is 6.63. The first-order chi connectivity index (χ1) is 14.3. The zero-order chi connectivity index (χ0) is 21.7. The number of carbonyl (C=O) groups is 2. The summed E-state index contributed by atoms with van der Waals surface area (Å²) in [6.07, 6.45) is 0. The minimum absolute atomic E-state index is 0.0527. The molecular formula is C21H21ClN4O3S. The molecule has 9 heteroatoms. The van der Waals surface area contributed by atoms with Crippen LogP contribution in [0.25, 0.3) is 0 Å². The normalized spacial score (nSPS) is 10.7. The van der Waals surface area contributed by atoms with E-state index in [2.05, 4.69) is 15.5 Å². The summed E-state index contributed by atoms with van der Waals surface area (Å²) >= 11 is 7.30. The topological polar surface area (TPSA) is 86.1 Å². The van der Waals surface area contributed by atoms with Crippen LogP contribution >= 0.6 is 23.4 Å². The third kappa shape index (κ3) is 5.61. The minimum atomic E-state index is -0.196. The van der Waals surface area contributed by atoms with Crippen LogP contribution in [-0.2, 0) is 18.4 Å². The summed E-state index contributed by atoms with van der Waals surface area (Å²) in [5.41, 5.74) is 2.07. The minimum Gasteiger partial charge on any atom is -0.486 e. The molecule has 1 amide bonds. The van der Waals surface area contributed by atoms with E-state index in [1.54, 1.807) is 41.0 Å². The number of anilines is 1. The van der Waals surface area contributed by atoms with Crippen molar-refractivity contribution in [2.45, 2.75) is 25.6 Å². The van der Waals surface area contributed by atoms with Crippen LogP contribution in [0.5, 0.6) is 5.75 Å². The highest BCUT2D eigenvalue weighted by Gasteiger charge is 2.13. The van der Waals surface area contributed by atoms with Gasteiger partial charge in [-0.3, -0.25) is 9.59 Å². The average molecular weight is 445 g/mol. The number of amides is 1. The quantitative estimate of drug-likeness (QED) is 0.412. The van der Waals surface area contributed by atoms with E-state index in [0.717, 1.165) is 5.56 Å². The lowest BCUT2D eigenvalue weighted by atomic mass is 10.1. The zero-order valence-corrected chi connectivity index (χ0v) is 18.4. The molecular weight excluding hydrogens is 424 g/mol. The molecule has 30 heavy (non-hydrogen) atoms. The van der Waals surface area contributed by atoms with E-state index in [-0.39, 0.29) is 24.1 Å². The van der Waals surface area contributed by atoms with Crippen LogP contribution in [-0.4, -0.2) is 32.2 Å². The number of carbonyl (C=O) groups excluding carboxylic acids is 2. The monoisotopic (exact) mass is 444 g/mol. The van der Waals surface area contributed by atoms with Gasteiger partial charge in [0.15, 0.2) is 16.8 Å². The molecule has 0 radical (unpaired) electrons. The van der Waals surface area contributed by atoms with Gasteiger partial charge < -0.3 is 14.6 Å². The zero-order valence-electron chi connectivity index (χ0n) is 16.8. The molecule has 0 bridgehead atoms. The van der Waals surface area contributed by atoms with E-state index in [1.807, 2.05) is 20.0 Å². The number of nitrogens with one attached hydrogen (secondary N) is 1. The van der Waals surface area contributed by atoms with Gasteiger partial charge in [-0.2, -0.15) is 0 Å². The van der Waals surface area contributed by atoms with E-state index in [9.17, 15) is 9.59 Å². The van der Waals surface area contributed by atoms with Crippen molar-refractivity contribution in [3.05, 3.63) is 64.4 Å². The fourth-order valence-corrected chi connectivity index (χ4v) is 3.44. The van der Waals surface area contributed by atoms with E-state index < -0.39 is 0 Å². The maximum atomic E-state index is 12.2. The van der Waals surface area contributed by atoms with Gasteiger partial charge in [0.2, 0.25) is 5.91 Å². The highest BCUT2D eigenvalue weighted by molar-refractivity contribution is 7.99. The second-order valence-corrected chi connectivity index (χ2v) is 7.98. The Kier molecular flexibility index (Phi) is 7.12. The smallest absolute Gasteiger partial charge is 0.234 e. The van der Waals surface area contributed by atoms with E-state index in [1.165, 1.54) is 18.7 Å². The predicted molar refractivity (Wildman–Crippen MR) is 117 cm³/mol. The number of aryl methyl sites for hydroxylation is 1.